The summed E-state index contributed by atoms with van der Waals surface area (Å²) in [4.78, 5) is 21.5. The molecule has 0 aromatic carbocycles. The molecular formula is C6H10N2O3. The normalized spacial score (nSPS) is 23.0. The highest BCUT2D eigenvalue weighted by Crippen LogP contribution is 2.05. The summed E-state index contributed by atoms with van der Waals surface area (Å²) in [6.45, 7) is -0.384. The first kappa shape index (κ1) is 8.00. The number of carbonyl (C=O) groups is 2. The molecule has 0 unspecified atom stereocenters. The van der Waals surface area contributed by atoms with Gasteiger partial charge in [-0.15, -0.1) is 0 Å². The van der Waals surface area contributed by atoms with Crippen LogP contribution in [-0.4, -0.2) is 29.7 Å². The van der Waals surface area contributed by atoms with Crippen molar-refractivity contribution in [3.8, 4) is 0 Å². The Morgan fingerprint density at radius 1 is 1.82 bits per heavy atom. The lowest BCUT2D eigenvalue weighted by molar-refractivity contribution is -0.126. The van der Waals surface area contributed by atoms with Gasteiger partial charge in [0, 0.05) is 6.42 Å². The fraction of sp³-hybridized carbons (Fsp3) is 0.667. The quantitative estimate of drug-likeness (QED) is 0.420. The Kier molecular flexibility index (Phi) is 2.43. The molecule has 1 rings (SSSR count). The van der Waals surface area contributed by atoms with E-state index in [2.05, 4.69) is 10.6 Å². The van der Waals surface area contributed by atoms with Gasteiger partial charge in [-0.3, -0.25) is 9.59 Å². The van der Waals surface area contributed by atoms with Crippen LogP contribution in [0.4, 0.5) is 0 Å². The summed E-state index contributed by atoms with van der Waals surface area (Å²) in [7, 11) is 0. The third-order valence-corrected chi connectivity index (χ3v) is 1.57. The first-order valence-electron chi connectivity index (χ1n) is 3.42. The molecule has 0 spiro atoms. The first-order chi connectivity index (χ1) is 5.24. The predicted octanol–water partition coefficient (Wildman–Crippen LogP) is -1.67. The van der Waals surface area contributed by atoms with Crippen LogP contribution in [0.3, 0.4) is 0 Å². The van der Waals surface area contributed by atoms with Crippen molar-refractivity contribution in [2.24, 2.45) is 0 Å². The van der Waals surface area contributed by atoms with E-state index in [1.807, 2.05) is 0 Å². The molecular weight excluding hydrogens is 148 g/mol. The van der Waals surface area contributed by atoms with E-state index in [0.717, 1.165) is 0 Å². The Bertz CT molecular complexity index is 181. The number of rotatable bonds is 2. The van der Waals surface area contributed by atoms with Crippen molar-refractivity contribution in [1.29, 1.82) is 0 Å². The second-order valence-corrected chi connectivity index (χ2v) is 2.36. The summed E-state index contributed by atoms with van der Waals surface area (Å²) in [5.74, 6) is -0.429. The fourth-order valence-electron chi connectivity index (χ4n) is 1.01. The molecule has 62 valence electrons. The summed E-state index contributed by atoms with van der Waals surface area (Å²) in [6.07, 6.45) is 0.911. The van der Waals surface area contributed by atoms with E-state index in [9.17, 15) is 9.59 Å². The highest BCUT2D eigenvalue weighted by atomic mass is 16.3. The van der Waals surface area contributed by atoms with Gasteiger partial charge in [-0.2, -0.15) is 0 Å². The molecule has 0 aromatic rings. The lowest BCUT2D eigenvalue weighted by atomic mass is 10.2. The van der Waals surface area contributed by atoms with Crippen LogP contribution in [0.1, 0.15) is 12.8 Å². The van der Waals surface area contributed by atoms with Gasteiger partial charge in [0.05, 0.1) is 0 Å². The van der Waals surface area contributed by atoms with Crippen molar-refractivity contribution in [3.05, 3.63) is 0 Å². The van der Waals surface area contributed by atoms with Crippen LogP contribution in [0.15, 0.2) is 0 Å². The van der Waals surface area contributed by atoms with E-state index in [1.54, 1.807) is 0 Å². The smallest absolute Gasteiger partial charge is 0.244 e. The van der Waals surface area contributed by atoms with Gasteiger partial charge in [-0.05, 0) is 6.42 Å². The summed E-state index contributed by atoms with van der Waals surface area (Å²) >= 11 is 0. The van der Waals surface area contributed by atoms with Gasteiger partial charge in [-0.1, -0.05) is 0 Å². The Morgan fingerprint density at radius 2 is 2.55 bits per heavy atom. The molecule has 1 aliphatic heterocycles. The number of nitrogens with one attached hydrogen (secondary N) is 2. The average molecular weight is 158 g/mol. The van der Waals surface area contributed by atoms with Crippen molar-refractivity contribution >= 4 is 11.8 Å². The van der Waals surface area contributed by atoms with Crippen LogP contribution in [0, 0.1) is 0 Å². The number of carbonyl (C=O) groups excluding carboxylic acids is 2. The molecule has 1 saturated heterocycles. The number of hydrogen-bond donors (Lipinski definition) is 3. The standard InChI is InChI=1S/C6H10N2O3/c9-3-7-6(11)4-1-2-5(10)8-4/h4,9H,1-3H2,(H,7,11)(H,8,10)/t4-/m1/s1. The van der Waals surface area contributed by atoms with Crippen molar-refractivity contribution in [2.45, 2.75) is 18.9 Å². The zero-order valence-electron chi connectivity index (χ0n) is 5.96. The molecule has 1 fully saturated rings. The second kappa shape index (κ2) is 3.34. The molecule has 0 aromatic heterocycles. The van der Waals surface area contributed by atoms with E-state index < -0.39 is 6.04 Å². The fourth-order valence-corrected chi connectivity index (χ4v) is 1.01. The highest BCUT2D eigenvalue weighted by molar-refractivity contribution is 5.90. The van der Waals surface area contributed by atoms with Gasteiger partial charge in [-0.25, -0.2) is 0 Å². The predicted molar refractivity (Wildman–Crippen MR) is 36.4 cm³/mol. The van der Waals surface area contributed by atoms with Gasteiger partial charge in [0.25, 0.3) is 0 Å². The zero-order valence-corrected chi connectivity index (χ0v) is 5.96. The second-order valence-electron chi connectivity index (χ2n) is 2.36. The maximum absolute atomic E-state index is 10.9. The molecule has 5 heteroatoms. The monoisotopic (exact) mass is 158 g/mol. The first-order valence-corrected chi connectivity index (χ1v) is 3.42. The Morgan fingerprint density at radius 3 is 3.00 bits per heavy atom. The summed E-state index contributed by atoms with van der Waals surface area (Å²) in [5, 5.41) is 13.0. The molecule has 1 atom stereocenters. The number of amides is 2. The van der Waals surface area contributed by atoms with Crippen molar-refractivity contribution in [2.75, 3.05) is 6.73 Å². The van der Waals surface area contributed by atoms with E-state index in [-0.39, 0.29) is 18.5 Å². The van der Waals surface area contributed by atoms with E-state index in [4.69, 9.17) is 5.11 Å². The molecule has 1 heterocycles. The molecule has 0 bridgehead atoms. The van der Waals surface area contributed by atoms with Gasteiger partial charge >= 0.3 is 0 Å². The topological polar surface area (TPSA) is 78.4 Å². The molecule has 0 aliphatic carbocycles. The highest BCUT2D eigenvalue weighted by Gasteiger charge is 2.26. The van der Waals surface area contributed by atoms with E-state index in [0.29, 0.717) is 12.8 Å². The Balaban J connectivity index is 2.37. The molecule has 0 saturated carbocycles. The molecule has 1 aliphatic rings. The van der Waals surface area contributed by atoms with Crippen molar-refractivity contribution in [3.63, 3.8) is 0 Å². The molecule has 5 nitrogen and oxygen atoms in total. The van der Waals surface area contributed by atoms with Gasteiger partial charge < -0.3 is 15.7 Å². The number of hydrogen-bond acceptors (Lipinski definition) is 3. The Hall–Kier alpha value is -1.10. The van der Waals surface area contributed by atoms with Crippen LogP contribution in [0.25, 0.3) is 0 Å². The summed E-state index contributed by atoms with van der Waals surface area (Å²) in [6, 6.07) is -0.449. The van der Waals surface area contributed by atoms with Crippen molar-refractivity contribution in [1.82, 2.24) is 10.6 Å². The van der Waals surface area contributed by atoms with Gasteiger partial charge in [0.15, 0.2) is 0 Å². The summed E-state index contributed by atoms with van der Waals surface area (Å²) < 4.78 is 0. The lowest BCUT2D eigenvalue weighted by Crippen LogP contribution is -2.41. The third kappa shape index (κ3) is 1.91. The van der Waals surface area contributed by atoms with E-state index >= 15 is 0 Å². The average Bonchev–Trinajstić information content (AvgIpc) is 2.36. The maximum Gasteiger partial charge on any atom is 0.244 e. The largest absolute Gasteiger partial charge is 0.376 e. The molecule has 0 radical (unpaired) electrons. The Labute approximate surface area is 63.8 Å². The summed E-state index contributed by atoms with van der Waals surface area (Å²) in [5.41, 5.74) is 0. The van der Waals surface area contributed by atoms with Crippen LogP contribution in [0.2, 0.25) is 0 Å². The minimum Gasteiger partial charge on any atom is -0.376 e. The van der Waals surface area contributed by atoms with Crippen molar-refractivity contribution < 1.29 is 14.7 Å². The van der Waals surface area contributed by atoms with Crippen LogP contribution < -0.4 is 10.6 Å². The molecule has 11 heavy (non-hydrogen) atoms. The molecule has 3 N–H and O–H groups in total. The molecule has 2 amide bonds. The number of aliphatic hydroxyl groups excluding tert-OH is 1. The number of aliphatic hydroxyl groups is 1. The maximum atomic E-state index is 10.9. The minimum atomic E-state index is -0.449. The van der Waals surface area contributed by atoms with Crippen LogP contribution in [-0.2, 0) is 9.59 Å². The zero-order chi connectivity index (χ0) is 8.27. The lowest BCUT2D eigenvalue weighted by Gasteiger charge is -2.07. The third-order valence-electron chi connectivity index (χ3n) is 1.57. The van der Waals surface area contributed by atoms with Crippen LogP contribution >= 0.6 is 0 Å². The van der Waals surface area contributed by atoms with E-state index in [1.165, 1.54) is 0 Å². The van der Waals surface area contributed by atoms with Gasteiger partial charge in [0.2, 0.25) is 11.8 Å². The van der Waals surface area contributed by atoms with Crippen LogP contribution in [0.5, 0.6) is 0 Å². The minimum absolute atomic E-state index is 0.108. The van der Waals surface area contributed by atoms with Gasteiger partial charge in [0.1, 0.15) is 12.8 Å². The SMILES string of the molecule is O=C1CC[C@H](C(=O)NCO)N1.